The molecule has 0 aliphatic rings. The minimum atomic E-state index is -0.388. The van der Waals surface area contributed by atoms with Crippen LogP contribution in [-0.4, -0.2) is 30.9 Å². The average molecular weight is 386 g/mol. The monoisotopic (exact) mass is 386 g/mol. The summed E-state index contributed by atoms with van der Waals surface area (Å²) in [6.45, 7) is 2.54. The van der Waals surface area contributed by atoms with E-state index < -0.39 is 0 Å². The van der Waals surface area contributed by atoms with E-state index in [0.717, 1.165) is 5.56 Å². The number of anilines is 1. The van der Waals surface area contributed by atoms with E-state index in [1.165, 1.54) is 17.4 Å². The van der Waals surface area contributed by atoms with E-state index in [9.17, 15) is 14.4 Å². The molecule has 6 nitrogen and oxygen atoms in total. The van der Waals surface area contributed by atoms with E-state index in [1.54, 1.807) is 43.3 Å². The molecule has 0 saturated carbocycles. The number of rotatable bonds is 9. The third-order valence-corrected chi connectivity index (χ3v) is 4.37. The Hall–Kier alpha value is -2.93. The third-order valence-electron chi connectivity index (χ3n) is 3.50. The third kappa shape index (κ3) is 7.45. The molecule has 0 atom stereocenters. The van der Waals surface area contributed by atoms with Gasteiger partial charge < -0.3 is 15.4 Å². The van der Waals surface area contributed by atoms with Gasteiger partial charge >= 0.3 is 5.97 Å². The molecule has 1 aromatic carbocycles. The molecule has 2 N–H and O–H groups in total. The van der Waals surface area contributed by atoms with Gasteiger partial charge in [-0.05, 0) is 48.6 Å². The number of nitrogens with one attached hydrogen (secondary N) is 2. The molecule has 0 bridgehead atoms. The standard InChI is InChI=1S/C20H22N2O4S/c1-2-26-19(24)12-9-15-7-10-16(11-8-15)22-18(23)6-3-13-21-20(25)17-5-4-14-27-17/h4-5,7-12,14H,2-3,6,13H2,1H3,(H,21,25)(H,22,23). The van der Waals surface area contributed by atoms with Crippen LogP contribution in [0.25, 0.3) is 6.08 Å². The van der Waals surface area contributed by atoms with Crippen molar-refractivity contribution < 1.29 is 19.1 Å². The van der Waals surface area contributed by atoms with Crippen molar-refractivity contribution in [2.75, 3.05) is 18.5 Å². The summed E-state index contributed by atoms with van der Waals surface area (Å²) in [7, 11) is 0. The highest BCUT2D eigenvalue weighted by Gasteiger charge is 2.06. The van der Waals surface area contributed by atoms with Crippen LogP contribution in [0.5, 0.6) is 0 Å². The normalized spacial score (nSPS) is 10.6. The van der Waals surface area contributed by atoms with Crippen molar-refractivity contribution in [2.45, 2.75) is 19.8 Å². The molecule has 142 valence electrons. The van der Waals surface area contributed by atoms with Crippen molar-refractivity contribution in [2.24, 2.45) is 0 Å². The SMILES string of the molecule is CCOC(=O)C=Cc1ccc(NC(=O)CCCNC(=O)c2cccs2)cc1. The molecule has 0 saturated heterocycles. The fraction of sp³-hybridized carbons (Fsp3) is 0.250. The van der Waals surface area contributed by atoms with Crippen LogP contribution in [0.4, 0.5) is 5.69 Å². The van der Waals surface area contributed by atoms with Gasteiger partial charge in [-0.25, -0.2) is 4.79 Å². The second-order valence-electron chi connectivity index (χ2n) is 5.59. The molecule has 0 fully saturated rings. The molecule has 2 aromatic rings. The molecule has 1 aromatic heterocycles. The van der Waals surface area contributed by atoms with Gasteiger partial charge in [0.15, 0.2) is 0 Å². The Morgan fingerprint density at radius 2 is 1.93 bits per heavy atom. The zero-order chi connectivity index (χ0) is 19.5. The van der Waals surface area contributed by atoms with E-state index in [4.69, 9.17) is 4.74 Å². The lowest BCUT2D eigenvalue weighted by atomic mass is 10.2. The number of carbonyl (C=O) groups is 3. The largest absolute Gasteiger partial charge is 0.463 e. The predicted molar refractivity (Wildman–Crippen MR) is 107 cm³/mol. The fourth-order valence-corrected chi connectivity index (χ4v) is 2.84. The van der Waals surface area contributed by atoms with E-state index >= 15 is 0 Å². The van der Waals surface area contributed by atoms with Crippen LogP contribution in [0.15, 0.2) is 47.9 Å². The molecule has 7 heteroatoms. The molecule has 0 aliphatic carbocycles. The molecule has 0 radical (unpaired) electrons. The summed E-state index contributed by atoms with van der Waals surface area (Å²) in [5.41, 5.74) is 1.51. The highest BCUT2D eigenvalue weighted by atomic mass is 32.1. The molecule has 2 rings (SSSR count). The minimum absolute atomic E-state index is 0.114. The molecule has 0 unspecified atom stereocenters. The maximum atomic E-state index is 12.0. The van der Waals surface area contributed by atoms with E-state index in [1.807, 2.05) is 11.4 Å². The summed E-state index contributed by atoms with van der Waals surface area (Å²) >= 11 is 1.38. The number of amides is 2. The van der Waals surface area contributed by atoms with Gasteiger partial charge in [0.2, 0.25) is 5.91 Å². The van der Waals surface area contributed by atoms with E-state index in [2.05, 4.69) is 10.6 Å². The maximum absolute atomic E-state index is 12.0. The Morgan fingerprint density at radius 3 is 2.59 bits per heavy atom. The van der Waals surface area contributed by atoms with Crippen LogP contribution in [0, 0.1) is 0 Å². The number of benzene rings is 1. The lowest BCUT2D eigenvalue weighted by Gasteiger charge is -2.06. The molecule has 1 heterocycles. The first-order chi connectivity index (χ1) is 13.1. The lowest BCUT2D eigenvalue weighted by molar-refractivity contribution is -0.137. The van der Waals surface area contributed by atoms with Crippen molar-refractivity contribution in [3.8, 4) is 0 Å². The van der Waals surface area contributed by atoms with Gasteiger partial charge in [-0.3, -0.25) is 9.59 Å². The molecular formula is C20H22N2O4S. The second kappa shape index (κ2) is 10.9. The second-order valence-corrected chi connectivity index (χ2v) is 6.54. The zero-order valence-corrected chi connectivity index (χ0v) is 15.9. The molecule has 0 spiro atoms. The summed E-state index contributed by atoms with van der Waals surface area (Å²) in [4.78, 5) is 35.7. The Labute approximate surface area is 162 Å². The van der Waals surface area contributed by atoms with Crippen LogP contribution in [0.3, 0.4) is 0 Å². The first-order valence-corrected chi connectivity index (χ1v) is 9.53. The van der Waals surface area contributed by atoms with Gasteiger partial charge in [0.05, 0.1) is 11.5 Å². The Bertz CT molecular complexity index is 783. The number of hydrogen-bond donors (Lipinski definition) is 2. The van der Waals surface area contributed by atoms with Crippen LogP contribution < -0.4 is 10.6 Å². The smallest absolute Gasteiger partial charge is 0.330 e. The molecule has 0 aliphatic heterocycles. The average Bonchev–Trinajstić information content (AvgIpc) is 3.20. The number of thiophene rings is 1. The van der Waals surface area contributed by atoms with E-state index in [-0.39, 0.29) is 17.8 Å². The quantitative estimate of drug-likeness (QED) is 0.393. The summed E-state index contributed by atoms with van der Waals surface area (Å²) in [5, 5.41) is 7.44. The first-order valence-electron chi connectivity index (χ1n) is 8.65. The topological polar surface area (TPSA) is 84.5 Å². The van der Waals surface area contributed by atoms with Gasteiger partial charge in [-0.15, -0.1) is 11.3 Å². The Morgan fingerprint density at radius 1 is 1.15 bits per heavy atom. The summed E-state index contributed by atoms with van der Waals surface area (Å²) in [6, 6.07) is 10.7. The van der Waals surface area contributed by atoms with Gasteiger partial charge in [0.1, 0.15) is 0 Å². The number of hydrogen-bond acceptors (Lipinski definition) is 5. The lowest BCUT2D eigenvalue weighted by Crippen LogP contribution is -2.24. The highest BCUT2D eigenvalue weighted by Crippen LogP contribution is 2.12. The van der Waals surface area contributed by atoms with Crippen LogP contribution in [0.1, 0.15) is 35.0 Å². The fourth-order valence-electron chi connectivity index (χ4n) is 2.20. The van der Waals surface area contributed by atoms with Crippen LogP contribution in [-0.2, 0) is 14.3 Å². The molecule has 27 heavy (non-hydrogen) atoms. The van der Waals surface area contributed by atoms with Crippen LogP contribution in [0.2, 0.25) is 0 Å². The van der Waals surface area contributed by atoms with Gasteiger partial charge in [-0.2, -0.15) is 0 Å². The molecule has 2 amide bonds. The Kier molecular flexibility index (Phi) is 8.25. The van der Waals surface area contributed by atoms with Crippen molar-refractivity contribution in [1.29, 1.82) is 0 Å². The predicted octanol–water partition coefficient (Wildman–Crippen LogP) is 3.47. The van der Waals surface area contributed by atoms with Gasteiger partial charge in [0.25, 0.3) is 5.91 Å². The van der Waals surface area contributed by atoms with Crippen molar-refractivity contribution >= 4 is 40.9 Å². The number of carbonyl (C=O) groups excluding carboxylic acids is 3. The maximum Gasteiger partial charge on any atom is 0.330 e. The van der Waals surface area contributed by atoms with Gasteiger partial charge in [0, 0.05) is 24.7 Å². The molecular weight excluding hydrogens is 364 g/mol. The first kappa shape index (κ1) is 20.4. The Balaban J connectivity index is 1.69. The van der Waals surface area contributed by atoms with Gasteiger partial charge in [-0.1, -0.05) is 18.2 Å². The van der Waals surface area contributed by atoms with Crippen molar-refractivity contribution in [3.63, 3.8) is 0 Å². The highest BCUT2D eigenvalue weighted by molar-refractivity contribution is 7.12. The summed E-state index contributed by atoms with van der Waals surface area (Å²) < 4.78 is 4.81. The van der Waals surface area contributed by atoms with Crippen LogP contribution >= 0.6 is 11.3 Å². The van der Waals surface area contributed by atoms with E-state index in [0.29, 0.717) is 36.6 Å². The summed E-state index contributed by atoms with van der Waals surface area (Å²) in [6.07, 6.45) is 3.89. The zero-order valence-electron chi connectivity index (χ0n) is 15.1. The minimum Gasteiger partial charge on any atom is -0.463 e. The van der Waals surface area contributed by atoms with Crippen molar-refractivity contribution in [1.82, 2.24) is 5.32 Å². The van der Waals surface area contributed by atoms with Crippen molar-refractivity contribution in [3.05, 3.63) is 58.3 Å². The number of ether oxygens (including phenoxy) is 1. The summed E-state index contributed by atoms with van der Waals surface area (Å²) in [5.74, 6) is -0.617. The number of esters is 1.